The SMILES string of the molecule is Cc1cccc(O[C@@H](C)C(=O)N2CCN(c3ccccc3)CC2)c1C. The lowest BCUT2D eigenvalue weighted by atomic mass is 10.1. The van der Waals surface area contributed by atoms with Gasteiger partial charge in [0.15, 0.2) is 6.10 Å². The summed E-state index contributed by atoms with van der Waals surface area (Å²) in [6.07, 6.45) is -0.469. The average Bonchev–Trinajstić information content (AvgIpc) is 2.65. The van der Waals surface area contributed by atoms with Crippen molar-refractivity contribution >= 4 is 11.6 Å². The number of hydrogen-bond acceptors (Lipinski definition) is 3. The van der Waals surface area contributed by atoms with Crippen molar-refractivity contribution in [3.8, 4) is 5.75 Å². The van der Waals surface area contributed by atoms with Crippen LogP contribution in [0.5, 0.6) is 5.75 Å². The fraction of sp³-hybridized carbons (Fsp3) is 0.381. The molecule has 0 aliphatic carbocycles. The Balaban J connectivity index is 1.58. The molecule has 0 spiro atoms. The number of para-hydroxylation sites is 1. The van der Waals surface area contributed by atoms with E-state index >= 15 is 0 Å². The van der Waals surface area contributed by atoms with Crippen LogP contribution in [-0.4, -0.2) is 43.1 Å². The lowest BCUT2D eigenvalue weighted by Gasteiger charge is -2.37. The molecule has 1 saturated heterocycles. The van der Waals surface area contributed by atoms with Gasteiger partial charge in [-0.3, -0.25) is 4.79 Å². The minimum absolute atomic E-state index is 0.0635. The molecular formula is C21H26N2O2. The first-order valence-corrected chi connectivity index (χ1v) is 8.88. The van der Waals surface area contributed by atoms with Crippen molar-refractivity contribution in [2.75, 3.05) is 31.1 Å². The molecular weight excluding hydrogens is 312 g/mol. The van der Waals surface area contributed by atoms with E-state index in [0.29, 0.717) is 0 Å². The Kier molecular flexibility index (Phi) is 5.27. The van der Waals surface area contributed by atoms with Crippen LogP contribution in [0.15, 0.2) is 48.5 Å². The van der Waals surface area contributed by atoms with Gasteiger partial charge in [-0.1, -0.05) is 30.3 Å². The van der Waals surface area contributed by atoms with E-state index in [-0.39, 0.29) is 5.91 Å². The second-order valence-corrected chi connectivity index (χ2v) is 6.61. The molecule has 4 heteroatoms. The largest absolute Gasteiger partial charge is 0.481 e. The van der Waals surface area contributed by atoms with Crippen LogP contribution < -0.4 is 9.64 Å². The van der Waals surface area contributed by atoms with Crippen molar-refractivity contribution < 1.29 is 9.53 Å². The van der Waals surface area contributed by atoms with Gasteiger partial charge in [0.25, 0.3) is 5.91 Å². The number of piperazine rings is 1. The van der Waals surface area contributed by atoms with Crippen molar-refractivity contribution in [2.24, 2.45) is 0 Å². The Morgan fingerprint density at radius 1 is 0.960 bits per heavy atom. The molecule has 1 fully saturated rings. The first-order chi connectivity index (χ1) is 12.1. The predicted molar refractivity (Wildman–Crippen MR) is 101 cm³/mol. The van der Waals surface area contributed by atoms with Gasteiger partial charge in [0.05, 0.1) is 0 Å². The highest BCUT2D eigenvalue weighted by molar-refractivity contribution is 5.81. The molecule has 0 saturated carbocycles. The van der Waals surface area contributed by atoms with Crippen molar-refractivity contribution in [1.82, 2.24) is 4.90 Å². The fourth-order valence-electron chi connectivity index (χ4n) is 3.17. The van der Waals surface area contributed by atoms with Crippen molar-refractivity contribution in [1.29, 1.82) is 0 Å². The van der Waals surface area contributed by atoms with Gasteiger partial charge in [-0.05, 0) is 50.1 Å². The van der Waals surface area contributed by atoms with E-state index in [4.69, 9.17) is 4.74 Å². The van der Waals surface area contributed by atoms with Crippen molar-refractivity contribution in [3.63, 3.8) is 0 Å². The summed E-state index contributed by atoms with van der Waals surface area (Å²) in [6, 6.07) is 16.3. The molecule has 132 valence electrons. The molecule has 1 aliphatic heterocycles. The van der Waals surface area contributed by atoms with Gasteiger partial charge in [-0.25, -0.2) is 0 Å². The standard InChI is InChI=1S/C21H26N2O2/c1-16-8-7-11-20(17(16)2)25-18(3)21(24)23-14-12-22(13-15-23)19-9-5-4-6-10-19/h4-11,18H,12-15H2,1-3H3/t18-/m0/s1. The fourth-order valence-corrected chi connectivity index (χ4v) is 3.17. The quantitative estimate of drug-likeness (QED) is 0.856. The lowest BCUT2D eigenvalue weighted by Crippen LogP contribution is -2.52. The molecule has 0 N–H and O–H groups in total. The minimum atomic E-state index is -0.469. The van der Waals surface area contributed by atoms with Gasteiger partial charge >= 0.3 is 0 Å². The van der Waals surface area contributed by atoms with E-state index in [1.807, 2.05) is 49.1 Å². The van der Waals surface area contributed by atoms with Gasteiger partial charge < -0.3 is 14.5 Å². The van der Waals surface area contributed by atoms with E-state index in [1.165, 1.54) is 11.3 Å². The van der Waals surface area contributed by atoms with E-state index in [2.05, 4.69) is 30.0 Å². The molecule has 25 heavy (non-hydrogen) atoms. The number of anilines is 1. The lowest BCUT2D eigenvalue weighted by molar-refractivity contribution is -0.138. The Hall–Kier alpha value is -2.49. The second-order valence-electron chi connectivity index (χ2n) is 6.61. The molecule has 4 nitrogen and oxygen atoms in total. The summed E-state index contributed by atoms with van der Waals surface area (Å²) in [4.78, 5) is 17.0. The topological polar surface area (TPSA) is 32.8 Å². The highest BCUT2D eigenvalue weighted by atomic mass is 16.5. The van der Waals surface area contributed by atoms with Crippen LogP contribution in [0, 0.1) is 13.8 Å². The normalized spacial score (nSPS) is 15.8. The zero-order chi connectivity index (χ0) is 17.8. The van der Waals surface area contributed by atoms with Crippen LogP contribution >= 0.6 is 0 Å². The summed E-state index contributed by atoms with van der Waals surface area (Å²) < 4.78 is 5.95. The van der Waals surface area contributed by atoms with E-state index in [0.717, 1.165) is 37.5 Å². The number of carbonyl (C=O) groups excluding carboxylic acids is 1. The summed E-state index contributed by atoms with van der Waals surface area (Å²) >= 11 is 0. The molecule has 0 unspecified atom stereocenters. The summed E-state index contributed by atoms with van der Waals surface area (Å²) in [6.45, 7) is 9.09. The number of ether oxygens (including phenoxy) is 1. The summed E-state index contributed by atoms with van der Waals surface area (Å²) in [5.74, 6) is 0.859. The van der Waals surface area contributed by atoms with Crippen LogP contribution in [0.25, 0.3) is 0 Å². The van der Waals surface area contributed by atoms with Crippen molar-refractivity contribution in [3.05, 3.63) is 59.7 Å². The smallest absolute Gasteiger partial charge is 0.263 e. The first-order valence-electron chi connectivity index (χ1n) is 8.88. The molecule has 3 rings (SSSR count). The van der Waals surface area contributed by atoms with Crippen LogP contribution in [-0.2, 0) is 4.79 Å². The second kappa shape index (κ2) is 7.60. The number of aryl methyl sites for hydroxylation is 1. The van der Waals surface area contributed by atoms with E-state index in [1.54, 1.807) is 0 Å². The summed E-state index contributed by atoms with van der Waals surface area (Å²) in [5, 5.41) is 0. The average molecular weight is 338 g/mol. The van der Waals surface area contributed by atoms with Crippen LogP contribution in [0.1, 0.15) is 18.1 Å². The number of hydrogen-bond donors (Lipinski definition) is 0. The number of amides is 1. The zero-order valence-electron chi connectivity index (χ0n) is 15.2. The first kappa shape index (κ1) is 17.3. The third kappa shape index (κ3) is 3.95. The monoisotopic (exact) mass is 338 g/mol. The Morgan fingerprint density at radius 3 is 2.32 bits per heavy atom. The molecule has 2 aromatic carbocycles. The minimum Gasteiger partial charge on any atom is -0.481 e. The van der Waals surface area contributed by atoms with E-state index < -0.39 is 6.10 Å². The number of nitrogens with zero attached hydrogens (tertiary/aromatic N) is 2. The number of benzene rings is 2. The highest BCUT2D eigenvalue weighted by Crippen LogP contribution is 2.22. The van der Waals surface area contributed by atoms with Crippen molar-refractivity contribution in [2.45, 2.75) is 26.9 Å². The molecule has 1 aliphatic rings. The maximum absolute atomic E-state index is 12.7. The summed E-state index contributed by atoms with van der Waals surface area (Å²) in [7, 11) is 0. The van der Waals surface area contributed by atoms with E-state index in [9.17, 15) is 4.79 Å². The van der Waals surface area contributed by atoms with Gasteiger partial charge in [0.2, 0.25) is 0 Å². The molecule has 0 radical (unpaired) electrons. The molecule has 0 bridgehead atoms. The maximum Gasteiger partial charge on any atom is 0.263 e. The molecule has 2 aromatic rings. The Morgan fingerprint density at radius 2 is 1.64 bits per heavy atom. The van der Waals surface area contributed by atoms with Gasteiger partial charge in [0.1, 0.15) is 5.75 Å². The van der Waals surface area contributed by atoms with Crippen LogP contribution in [0.2, 0.25) is 0 Å². The van der Waals surface area contributed by atoms with Crippen LogP contribution in [0.4, 0.5) is 5.69 Å². The molecule has 1 amide bonds. The van der Waals surface area contributed by atoms with Gasteiger partial charge in [0, 0.05) is 31.9 Å². The predicted octanol–water partition coefficient (Wildman–Crippen LogP) is 3.42. The maximum atomic E-state index is 12.7. The summed E-state index contributed by atoms with van der Waals surface area (Å²) in [5.41, 5.74) is 3.49. The van der Waals surface area contributed by atoms with Gasteiger partial charge in [-0.2, -0.15) is 0 Å². The Labute approximate surface area is 150 Å². The third-order valence-corrected chi connectivity index (χ3v) is 4.92. The van der Waals surface area contributed by atoms with Gasteiger partial charge in [-0.15, -0.1) is 0 Å². The number of rotatable bonds is 4. The molecule has 0 aromatic heterocycles. The molecule has 1 heterocycles. The third-order valence-electron chi connectivity index (χ3n) is 4.92. The Bertz CT molecular complexity index is 722. The molecule has 1 atom stereocenters. The number of carbonyl (C=O) groups is 1. The van der Waals surface area contributed by atoms with Crippen LogP contribution in [0.3, 0.4) is 0 Å². The zero-order valence-corrected chi connectivity index (χ0v) is 15.2. The highest BCUT2D eigenvalue weighted by Gasteiger charge is 2.26.